The van der Waals surface area contributed by atoms with Gasteiger partial charge >= 0.3 is 194 Å². The van der Waals surface area contributed by atoms with Crippen molar-refractivity contribution in [3.63, 3.8) is 0 Å². The molecule has 2 aliphatic carbocycles. The number of hydrogen-bond donors (Lipinski definition) is 0. The number of rotatable bonds is 2. The molecule has 1 heterocycles. The van der Waals surface area contributed by atoms with Crippen molar-refractivity contribution in [3.05, 3.63) is 77.9 Å². The summed E-state index contributed by atoms with van der Waals surface area (Å²) in [5.41, 5.74) is 22.2. The van der Waals surface area contributed by atoms with Gasteiger partial charge in [0.2, 0.25) is 0 Å². The maximum atomic E-state index is 2.58. The van der Waals surface area contributed by atoms with Crippen LogP contribution in [0.5, 0.6) is 0 Å². The third-order valence-electron chi connectivity index (χ3n) is 9.78. The van der Waals surface area contributed by atoms with Crippen molar-refractivity contribution in [3.8, 4) is 0 Å². The van der Waals surface area contributed by atoms with E-state index in [1.807, 2.05) is 0 Å². The molecule has 1 saturated heterocycles. The zero-order valence-corrected chi connectivity index (χ0v) is 25.1. The van der Waals surface area contributed by atoms with Crippen LogP contribution in [-0.2, 0) is 16.6 Å². The molecule has 0 N–H and O–H groups in total. The topological polar surface area (TPSA) is 0 Å². The molecule has 0 aromatic heterocycles. The molecule has 176 valence electrons. The molecule has 0 spiro atoms. The Morgan fingerprint density at radius 3 is 1.09 bits per heavy atom. The summed E-state index contributed by atoms with van der Waals surface area (Å²) in [7, 11) is 0. The fourth-order valence-corrected chi connectivity index (χ4v) is 18.0. The van der Waals surface area contributed by atoms with Gasteiger partial charge in [-0.1, -0.05) is 0 Å². The molecule has 0 radical (unpaired) electrons. The minimum Gasteiger partial charge on any atom is -1.00 e. The van der Waals surface area contributed by atoms with Gasteiger partial charge in [-0.3, -0.25) is 0 Å². The molecule has 2 aromatic rings. The number of hydrogen-bond acceptors (Lipinski definition) is 0. The summed E-state index contributed by atoms with van der Waals surface area (Å²) in [5, 5.41) is 0. The van der Waals surface area contributed by atoms with Crippen LogP contribution < -0.4 is 24.8 Å². The quantitative estimate of drug-likeness (QED) is 0.538. The third kappa shape index (κ3) is 3.42. The Morgan fingerprint density at radius 2 is 0.788 bits per heavy atom. The maximum absolute atomic E-state index is 2.58. The van der Waals surface area contributed by atoms with Crippen molar-refractivity contribution >= 4 is 12.2 Å². The monoisotopic (exact) mass is 516 g/mol. The van der Waals surface area contributed by atoms with Crippen molar-refractivity contribution < 1.29 is 41.4 Å². The van der Waals surface area contributed by atoms with Crippen LogP contribution in [0.15, 0.2) is 11.1 Å². The first-order chi connectivity index (χ1) is 14.5. The van der Waals surface area contributed by atoms with E-state index in [1.165, 1.54) is 42.8 Å². The van der Waals surface area contributed by atoms with Gasteiger partial charge in [0.25, 0.3) is 0 Å². The van der Waals surface area contributed by atoms with E-state index >= 15 is 0 Å². The van der Waals surface area contributed by atoms with Gasteiger partial charge in [0, 0.05) is 0 Å². The molecule has 2 atom stereocenters. The minimum absolute atomic E-state index is 0. The van der Waals surface area contributed by atoms with Crippen molar-refractivity contribution in [1.82, 2.24) is 0 Å². The Balaban J connectivity index is 0.00000153. The molecule has 0 amide bonds. The smallest absolute Gasteiger partial charge is 1.00 e. The summed E-state index contributed by atoms with van der Waals surface area (Å²) in [5.74, 6) is 0. The van der Waals surface area contributed by atoms with Gasteiger partial charge in [-0.25, -0.2) is 0 Å². The van der Waals surface area contributed by atoms with E-state index in [0.29, 0.717) is 0 Å². The average molecular weight is 517 g/mol. The Kier molecular flexibility index (Phi) is 7.07. The second-order valence-electron chi connectivity index (χ2n) is 11.0. The first-order valence-corrected chi connectivity index (χ1v) is 16.1. The molecule has 1 fully saturated rings. The molecule has 5 rings (SSSR count). The molecule has 33 heavy (non-hydrogen) atoms. The van der Waals surface area contributed by atoms with E-state index in [1.54, 1.807) is 44.5 Å². The first kappa shape index (κ1) is 26.8. The van der Waals surface area contributed by atoms with Gasteiger partial charge in [-0.15, -0.1) is 0 Å². The summed E-state index contributed by atoms with van der Waals surface area (Å²) >= 11 is -2.20. The summed E-state index contributed by atoms with van der Waals surface area (Å²) in [6.45, 7) is 23.8. The molecular formula is C30H38Cl2Ti. The van der Waals surface area contributed by atoms with Crippen LogP contribution in [0.1, 0.15) is 89.1 Å². The van der Waals surface area contributed by atoms with Crippen LogP contribution in [-0.4, -0.2) is 0 Å². The maximum Gasteiger partial charge on any atom is -1.00 e. The van der Waals surface area contributed by atoms with Gasteiger partial charge in [-0.2, -0.15) is 0 Å². The zero-order valence-electron chi connectivity index (χ0n) is 22.0. The van der Waals surface area contributed by atoms with Crippen molar-refractivity contribution in [2.45, 2.75) is 87.1 Å². The largest absolute Gasteiger partial charge is 1.00 e. The summed E-state index contributed by atoms with van der Waals surface area (Å²) in [6, 6.07) is 0. The second kappa shape index (κ2) is 8.71. The van der Waals surface area contributed by atoms with Crippen LogP contribution in [0.4, 0.5) is 0 Å². The van der Waals surface area contributed by atoms with Gasteiger partial charge in [0.15, 0.2) is 0 Å². The van der Waals surface area contributed by atoms with Crippen LogP contribution >= 0.6 is 0 Å². The number of fused-ring (bicyclic) bond motifs is 2. The molecule has 2 aromatic carbocycles. The van der Waals surface area contributed by atoms with E-state index in [9.17, 15) is 0 Å². The van der Waals surface area contributed by atoms with Crippen molar-refractivity contribution in [2.75, 3.05) is 0 Å². The normalized spacial score (nSPS) is 20.5. The number of halogens is 2. The Labute approximate surface area is 217 Å². The first-order valence-electron chi connectivity index (χ1n) is 12.1. The Hall–Kier alpha value is -0.786. The molecule has 2 unspecified atom stereocenters. The Morgan fingerprint density at radius 1 is 0.485 bits per heavy atom. The van der Waals surface area contributed by atoms with Crippen LogP contribution in [0.2, 0.25) is 9.45 Å². The molecule has 0 nitrogen and oxygen atoms in total. The van der Waals surface area contributed by atoms with Gasteiger partial charge in [0.05, 0.1) is 0 Å². The fraction of sp³-hybridized carbons (Fsp3) is 0.467. The second-order valence-corrected chi connectivity index (χ2v) is 18.2. The summed E-state index contributed by atoms with van der Waals surface area (Å²) < 4.78 is 4.55. The fourth-order valence-electron chi connectivity index (χ4n) is 7.30. The van der Waals surface area contributed by atoms with E-state index in [-0.39, 0.29) is 24.8 Å². The molecular weight excluding hydrogens is 479 g/mol. The van der Waals surface area contributed by atoms with Crippen molar-refractivity contribution in [1.29, 1.82) is 0 Å². The average Bonchev–Trinajstić information content (AvgIpc) is 3.32. The molecule has 0 bridgehead atoms. The zero-order chi connectivity index (χ0) is 22.6. The SMILES string of the molecule is CC1=Cc2c(C)c(C)c(C)c(C)c2[CH]1[Ti+2]1([CH]2C(C)=Cc3c(C)c(C)c(C)c(C)c32)[CH2][CH2]1.[Cl-].[Cl-]. The van der Waals surface area contributed by atoms with Gasteiger partial charge in [0.1, 0.15) is 0 Å². The van der Waals surface area contributed by atoms with E-state index < -0.39 is 16.6 Å². The van der Waals surface area contributed by atoms with Gasteiger partial charge < -0.3 is 24.8 Å². The minimum atomic E-state index is -2.20. The van der Waals surface area contributed by atoms with Crippen molar-refractivity contribution in [2.24, 2.45) is 0 Å². The molecule has 0 saturated carbocycles. The number of benzene rings is 2. The standard InChI is InChI=1S/2C14H17.C2H4.2ClH.Ti/c2*1-8-6-13-11(4)9(2)10(3)12(5)14(13)7-8;1-2;;;/h2*6-7H,1-5H3;1-2H2;2*1H;/q;;;;;+2/p-2. The molecule has 3 heteroatoms. The predicted octanol–water partition coefficient (Wildman–Crippen LogP) is 2.78. The molecule has 3 aliphatic rings. The van der Waals surface area contributed by atoms with E-state index in [2.05, 4.69) is 81.4 Å². The molecule has 1 aliphatic heterocycles. The van der Waals surface area contributed by atoms with Crippen LogP contribution in [0, 0.1) is 55.4 Å². The summed E-state index contributed by atoms with van der Waals surface area (Å²) in [4.78, 5) is 0. The predicted molar refractivity (Wildman–Crippen MR) is 133 cm³/mol. The van der Waals surface area contributed by atoms with E-state index in [4.69, 9.17) is 0 Å². The van der Waals surface area contributed by atoms with Crippen LogP contribution in [0.3, 0.4) is 0 Å². The Bertz CT molecular complexity index is 1150. The van der Waals surface area contributed by atoms with Crippen LogP contribution in [0.25, 0.3) is 12.2 Å². The summed E-state index contributed by atoms with van der Waals surface area (Å²) in [6.07, 6.45) is 5.15. The third-order valence-corrected chi connectivity index (χ3v) is 18.3. The van der Waals surface area contributed by atoms with Gasteiger partial charge in [-0.05, 0) is 0 Å². The van der Waals surface area contributed by atoms with E-state index in [0.717, 1.165) is 8.45 Å². The number of allylic oxidation sites excluding steroid dienone is 2.